The van der Waals surface area contributed by atoms with Gasteiger partial charge in [0.15, 0.2) is 0 Å². The molecule has 1 aliphatic carbocycles. The van der Waals surface area contributed by atoms with Gasteiger partial charge in [0.2, 0.25) is 8.87 Å². The minimum atomic E-state index is -3.22. The van der Waals surface area contributed by atoms with Crippen LogP contribution < -0.4 is 0 Å². The van der Waals surface area contributed by atoms with Crippen LogP contribution in [-0.4, -0.2) is 13.7 Å². The lowest BCUT2D eigenvalue weighted by atomic mass is 10.0. The zero-order valence-electron chi connectivity index (χ0n) is 9.43. The molecule has 0 atom stereocenters. The molecule has 1 aromatic carbocycles. The summed E-state index contributed by atoms with van der Waals surface area (Å²) in [6.07, 6.45) is 5.55. The summed E-state index contributed by atoms with van der Waals surface area (Å²) < 4.78 is 24.3. The van der Waals surface area contributed by atoms with Gasteiger partial charge in [-0.15, -0.1) is 0 Å². The molecule has 5 heteroatoms. The molecule has 0 aliphatic heterocycles. The van der Waals surface area contributed by atoms with Crippen molar-refractivity contribution in [2.45, 2.75) is 42.2 Å². The van der Waals surface area contributed by atoms with Gasteiger partial charge in [0, 0.05) is 10.3 Å². The normalized spacial score (nSPS) is 18.2. The van der Waals surface area contributed by atoms with Crippen molar-refractivity contribution >= 4 is 31.3 Å². The minimum absolute atomic E-state index is 0.254. The third kappa shape index (κ3) is 3.63. The molecule has 94 valence electrons. The van der Waals surface area contributed by atoms with E-state index in [1.807, 2.05) is 0 Å². The molecule has 0 spiro atoms. The molecular weight excluding hydrogens is 276 g/mol. The van der Waals surface area contributed by atoms with Gasteiger partial charge in [0.25, 0.3) is 0 Å². The van der Waals surface area contributed by atoms with E-state index in [1.165, 1.54) is 6.42 Å². The molecule has 0 heterocycles. The van der Waals surface area contributed by atoms with Crippen molar-refractivity contribution in [3.63, 3.8) is 0 Å². The molecule has 1 fully saturated rings. The SMILES string of the molecule is O=S(=O)(SC1CCCCC1)c1ccc(Cl)cc1. The lowest BCUT2D eigenvalue weighted by Crippen LogP contribution is -2.11. The molecule has 0 radical (unpaired) electrons. The van der Waals surface area contributed by atoms with Crippen molar-refractivity contribution in [1.82, 2.24) is 0 Å². The van der Waals surface area contributed by atoms with E-state index in [0.29, 0.717) is 9.92 Å². The van der Waals surface area contributed by atoms with Crippen LogP contribution in [-0.2, 0) is 8.87 Å². The van der Waals surface area contributed by atoms with Gasteiger partial charge in [0.1, 0.15) is 0 Å². The summed E-state index contributed by atoms with van der Waals surface area (Å²) >= 11 is 5.75. The van der Waals surface area contributed by atoms with E-state index in [2.05, 4.69) is 0 Å². The van der Waals surface area contributed by atoms with E-state index in [0.717, 1.165) is 36.5 Å². The van der Waals surface area contributed by atoms with Crippen molar-refractivity contribution in [3.8, 4) is 0 Å². The second-order valence-corrected chi connectivity index (χ2v) is 8.83. The van der Waals surface area contributed by atoms with E-state index in [1.54, 1.807) is 24.3 Å². The first kappa shape index (κ1) is 13.2. The smallest absolute Gasteiger partial charge is 0.212 e. The molecule has 17 heavy (non-hydrogen) atoms. The van der Waals surface area contributed by atoms with Gasteiger partial charge in [0.05, 0.1) is 4.90 Å². The van der Waals surface area contributed by atoms with Crippen LogP contribution in [0.15, 0.2) is 29.2 Å². The Kier molecular flexibility index (Phi) is 4.39. The third-order valence-electron chi connectivity index (χ3n) is 2.92. The maximum absolute atomic E-state index is 12.1. The van der Waals surface area contributed by atoms with Crippen molar-refractivity contribution in [2.75, 3.05) is 0 Å². The van der Waals surface area contributed by atoms with Gasteiger partial charge >= 0.3 is 0 Å². The van der Waals surface area contributed by atoms with Crippen LogP contribution in [0.25, 0.3) is 0 Å². The molecule has 0 unspecified atom stereocenters. The largest absolute Gasteiger partial charge is 0.230 e. The molecule has 0 bridgehead atoms. The standard InChI is InChI=1S/C12H15ClO2S2/c13-10-6-8-12(9-7-10)17(14,15)16-11-4-2-1-3-5-11/h6-9,11H,1-5H2. The minimum Gasteiger partial charge on any atom is -0.212 e. The average molecular weight is 291 g/mol. The fraction of sp³-hybridized carbons (Fsp3) is 0.500. The summed E-state index contributed by atoms with van der Waals surface area (Å²) in [4.78, 5) is 0.359. The molecular formula is C12H15ClO2S2. The van der Waals surface area contributed by atoms with Gasteiger partial charge in [-0.1, -0.05) is 30.9 Å². The van der Waals surface area contributed by atoms with E-state index in [-0.39, 0.29) is 5.25 Å². The van der Waals surface area contributed by atoms with Crippen LogP contribution in [0.2, 0.25) is 5.02 Å². The van der Waals surface area contributed by atoms with Gasteiger partial charge in [-0.2, -0.15) is 0 Å². The number of hydrogen-bond donors (Lipinski definition) is 0. The molecule has 1 aromatic rings. The molecule has 2 nitrogen and oxygen atoms in total. The highest BCUT2D eigenvalue weighted by molar-refractivity contribution is 8.72. The van der Waals surface area contributed by atoms with Crippen LogP contribution in [0.1, 0.15) is 32.1 Å². The van der Waals surface area contributed by atoms with Crippen LogP contribution >= 0.6 is 22.4 Å². The number of hydrogen-bond acceptors (Lipinski definition) is 3. The third-order valence-corrected chi connectivity index (χ3v) is 7.17. The van der Waals surface area contributed by atoms with Crippen molar-refractivity contribution in [3.05, 3.63) is 29.3 Å². The molecule has 0 saturated heterocycles. The highest BCUT2D eigenvalue weighted by Gasteiger charge is 2.23. The lowest BCUT2D eigenvalue weighted by Gasteiger charge is -2.20. The molecule has 2 rings (SSSR count). The molecule has 1 aliphatic rings. The summed E-state index contributed by atoms with van der Waals surface area (Å²) in [6.45, 7) is 0. The summed E-state index contributed by atoms with van der Waals surface area (Å²) in [7, 11) is -2.11. The van der Waals surface area contributed by atoms with Crippen LogP contribution in [0.5, 0.6) is 0 Å². The second kappa shape index (κ2) is 5.63. The van der Waals surface area contributed by atoms with Gasteiger partial charge in [-0.05, 0) is 47.9 Å². The Bertz CT molecular complexity index is 462. The quantitative estimate of drug-likeness (QED) is 0.786. The molecule has 1 saturated carbocycles. The highest BCUT2D eigenvalue weighted by atomic mass is 35.5. The number of halogens is 1. The van der Waals surface area contributed by atoms with Crippen molar-refractivity contribution < 1.29 is 8.42 Å². The fourth-order valence-electron chi connectivity index (χ4n) is 2.00. The zero-order chi connectivity index (χ0) is 12.3. The van der Waals surface area contributed by atoms with Gasteiger partial charge in [-0.3, -0.25) is 0 Å². The van der Waals surface area contributed by atoms with E-state index < -0.39 is 8.87 Å². The maximum atomic E-state index is 12.1. The van der Waals surface area contributed by atoms with Crippen molar-refractivity contribution in [2.24, 2.45) is 0 Å². The van der Waals surface area contributed by atoms with Crippen LogP contribution in [0.4, 0.5) is 0 Å². The summed E-state index contributed by atoms with van der Waals surface area (Å²) in [5.41, 5.74) is 0. The fourth-order valence-corrected chi connectivity index (χ4v) is 5.91. The highest BCUT2D eigenvalue weighted by Crippen LogP contribution is 2.35. The van der Waals surface area contributed by atoms with Crippen molar-refractivity contribution in [1.29, 1.82) is 0 Å². The van der Waals surface area contributed by atoms with Gasteiger partial charge < -0.3 is 0 Å². The summed E-state index contributed by atoms with van der Waals surface area (Å²) in [6, 6.07) is 6.40. The molecule has 0 N–H and O–H groups in total. The van der Waals surface area contributed by atoms with E-state index in [9.17, 15) is 8.42 Å². The first-order valence-corrected chi connectivity index (χ1v) is 9.02. The first-order valence-electron chi connectivity index (χ1n) is 5.77. The topological polar surface area (TPSA) is 34.1 Å². The molecule has 0 amide bonds. The Morgan fingerprint density at radius 3 is 2.24 bits per heavy atom. The Morgan fingerprint density at radius 2 is 1.65 bits per heavy atom. The number of rotatable bonds is 3. The summed E-state index contributed by atoms with van der Waals surface area (Å²) in [5.74, 6) is 0. The maximum Gasteiger partial charge on any atom is 0.230 e. The van der Waals surface area contributed by atoms with Crippen LogP contribution in [0, 0.1) is 0 Å². The lowest BCUT2D eigenvalue weighted by molar-refractivity contribution is 0.517. The average Bonchev–Trinajstić information content (AvgIpc) is 2.30. The Labute approximate surface area is 111 Å². The number of benzene rings is 1. The predicted molar refractivity (Wildman–Crippen MR) is 73.1 cm³/mol. The Hall–Kier alpha value is -0.190. The predicted octanol–water partition coefficient (Wildman–Crippen LogP) is 4.09. The van der Waals surface area contributed by atoms with E-state index >= 15 is 0 Å². The second-order valence-electron chi connectivity index (χ2n) is 4.26. The van der Waals surface area contributed by atoms with Crippen LogP contribution in [0.3, 0.4) is 0 Å². The Balaban J connectivity index is 2.10. The zero-order valence-corrected chi connectivity index (χ0v) is 11.8. The monoisotopic (exact) mass is 290 g/mol. The first-order chi connectivity index (χ1) is 8.08. The molecule has 0 aromatic heterocycles. The van der Waals surface area contributed by atoms with E-state index in [4.69, 9.17) is 11.6 Å². The van der Waals surface area contributed by atoms with Gasteiger partial charge in [-0.25, -0.2) is 8.42 Å². The summed E-state index contributed by atoms with van der Waals surface area (Å²) in [5, 5.41) is 0.816. The Morgan fingerprint density at radius 1 is 1.06 bits per heavy atom.